The molecule has 0 radical (unpaired) electrons. The van der Waals surface area contributed by atoms with Gasteiger partial charge in [-0.25, -0.2) is 0 Å². The van der Waals surface area contributed by atoms with Gasteiger partial charge in [0.05, 0.1) is 5.92 Å². The lowest BCUT2D eigenvalue weighted by molar-refractivity contribution is -0.199. The molecule has 4 unspecified atom stereocenters. The predicted molar refractivity (Wildman–Crippen MR) is 68.4 cm³/mol. The highest BCUT2D eigenvalue weighted by Crippen LogP contribution is 2.43. The Hall–Kier alpha value is -0.250. The Kier molecular flexibility index (Phi) is 5.96. The summed E-state index contributed by atoms with van der Waals surface area (Å²) in [4.78, 5) is 0. The predicted octanol–water partition coefficient (Wildman–Crippen LogP) is 4.38. The van der Waals surface area contributed by atoms with Crippen LogP contribution in [0.2, 0.25) is 0 Å². The van der Waals surface area contributed by atoms with Crippen molar-refractivity contribution in [3.05, 3.63) is 0 Å². The molecule has 1 aliphatic rings. The second kappa shape index (κ2) is 6.78. The van der Waals surface area contributed by atoms with Gasteiger partial charge in [0.1, 0.15) is 0 Å². The van der Waals surface area contributed by atoms with Crippen molar-refractivity contribution >= 4 is 0 Å². The van der Waals surface area contributed by atoms with Crippen LogP contribution in [0.5, 0.6) is 0 Å². The van der Waals surface area contributed by atoms with E-state index in [1.807, 2.05) is 0 Å². The van der Waals surface area contributed by atoms with Gasteiger partial charge in [-0.3, -0.25) is 0 Å². The molecular formula is C14H26F3N. The average Bonchev–Trinajstić information content (AvgIpc) is 2.34. The molecule has 1 aliphatic carbocycles. The smallest absolute Gasteiger partial charge is 0.317 e. The van der Waals surface area contributed by atoms with Crippen molar-refractivity contribution in [2.45, 2.75) is 64.6 Å². The van der Waals surface area contributed by atoms with Gasteiger partial charge in [-0.1, -0.05) is 33.1 Å². The molecule has 0 aromatic rings. The van der Waals surface area contributed by atoms with Gasteiger partial charge >= 0.3 is 6.18 Å². The first kappa shape index (κ1) is 15.8. The first-order valence-corrected chi connectivity index (χ1v) is 7.14. The molecule has 0 aromatic carbocycles. The van der Waals surface area contributed by atoms with Crippen molar-refractivity contribution in [3.63, 3.8) is 0 Å². The molecule has 108 valence electrons. The van der Waals surface area contributed by atoms with E-state index in [-0.39, 0.29) is 12.0 Å². The molecule has 0 spiro atoms. The Bertz CT molecular complexity index is 240. The maximum atomic E-state index is 13.1. The van der Waals surface area contributed by atoms with E-state index in [9.17, 15) is 13.2 Å². The number of hydrogen-bond acceptors (Lipinski definition) is 1. The Morgan fingerprint density at radius 3 is 2.33 bits per heavy atom. The summed E-state index contributed by atoms with van der Waals surface area (Å²) in [6.45, 7) is 4.22. The van der Waals surface area contributed by atoms with Crippen LogP contribution in [-0.4, -0.2) is 19.3 Å². The maximum Gasteiger partial charge on any atom is 0.392 e. The molecule has 0 amide bonds. The highest BCUT2D eigenvalue weighted by atomic mass is 19.4. The van der Waals surface area contributed by atoms with Crippen molar-refractivity contribution in [1.82, 2.24) is 5.32 Å². The number of halogens is 3. The summed E-state index contributed by atoms with van der Waals surface area (Å²) in [5.74, 6) is -0.858. The van der Waals surface area contributed by atoms with E-state index in [1.165, 1.54) is 0 Å². The molecule has 0 aliphatic heterocycles. The standard InChI is InChI=1S/C14H26F3N/c1-4-10(2)9-13(18-3)11-7-5-6-8-12(11)14(15,16)17/h10-13,18H,4-9H2,1-3H3. The summed E-state index contributed by atoms with van der Waals surface area (Å²) in [5, 5.41) is 3.14. The van der Waals surface area contributed by atoms with Crippen molar-refractivity contribution in [2.24, 2.45) is 17.8 Å². The van der Waals surface area contributed by atoms with Gasteiger partial charge in [-0.05, 0) is 38.1 Å². The van der Waals surface area contributed by atoms with E-state index in [4.69, 9.17) is 0 Å². The van der Waals surface area contributed by atoms with Crippen molar-refractivity contribution in [1.29, 1.82) is 0 Å². The van der Waals surface area contributed by atoms with E-state index in [1.54, 1.807) is 7.05 Å². The molecule has 4 atom stereocenters. The Morgan fingerprint density at radius 1 is 1.22 bits per heavy atom. The zero-order valence-corrected chi connectivity index (χ0v) is 11.7. The third kappa shape index (κ3) is 4.15. The van der Waals surface area contributed by atoms with Crippen molar-refractivity contribution in [2.75, 3.05) is 7.05 Å². The number of nitrogens with one attached hydrogen (secondary N) is 1. The Labute approximate surface area is 109 Å². The molecule has 4 heteroatoms. The van der Waals surface area contributed by atoms with E-state index < -0.39 is 12.1 Å². The maximum absolute atomic E-state index is 13.1. The highest BCUT2D eigenvalue weighted by molar-refractivity contribution is 4.88. The summed E-state index contributed by atoms with van der Waals surface area (Å²) in [7, 11) is 1.80. The van der Waals surface area contributed by atoms with E-state index >= 15 is 0 Å². The quantitative estimate of drug-likeness (QED) is 0.778. The first-order valence-electron chi connectivity index (χ1n) is 7.14. The third-order valence-corrected chi connectivity index (χ3v) is 4.48. The van der Waals surface area contributed by atoms with Gasteiger partial charge in [-0.15, -0.1) is 0 Å². The monoisotopic (exact) mass is 265 g/mol. The van der Waals surface area contributed by atoms with Gasteiger partial charge in [0, 0.05) is 6.04 Å². The van der Waals surface area contributed by atoms with Gasteiger partial charge < -0.3 is 5.32 Å². The summed E-state index contributed by atoms with van der Waals surface area (Å²) >= 11 is 0. The van der Waals surface area contributed by atoms with Crippen LogP contribution < -0.4 is 5.32 Å². The molecule has 18 heavy (non-hydrogen) atoms. The molecule has 0 bridgehead atoms. The fraction of sp³-hybridized carbons (Fsp3) is 1.00. The molecule has 0 saturated heterocycles. The van der Waals surface area contributed by atoms with Crippen LogP contribution >= 0.6 is 0 Å². The largest absolute Gasteiger partial charge is 0.392 e. The average molecular weight is 265 g/mol. The fourth-order valence-electron chi connectivity index (χ4n) is 3.15. The van der Waals surface area contributed by atoms with Gasteiger partial charge in [0.2, 0.25) is 0 Å². The lowest BCUT2D eigenvalue weighted by Crippen LogP contribution is -2.45. The van der Waals surface area contributed by atoms with Crippen LogP contribution in [0.1, 0.15) is 52.4 Å². The lowest BCUT2D eigenvalue weighted by atomic mass is 9.73. The van der Waals surface area contributed by atoms with Crippen LogP contribution in [0.3, 0.4) is 0 Å². The summed E-state index contributed by atoms with van der Waals surface area (Å²) in [5.41, 5.74) is 0. The number of rotatable bonds is 5. The SMILES string of the molecule is CCC(C)CC(NC)C1CCCCC1C(F)(F)F. The van der Waals surface area contributed by atoms with Crippen LogP contribution in [-0.2, 0) is 0 Å². The minimum absolute atomic E-state index is 0.00637. The molecule has 1 saturated carbocycles. The van der Waals surface area contributed by atoms with Crippen molar-refractivity contribution < 1.29 is 13.2 Å². The molecule has 0 aromatic heterocycles. The Morgan fingerprint density at radius 2 is 1.83 bits per heavy atom. The second-order valence-electron chi connectivity index (χ2n) is 5.74. The van der Waals surface area contributed by atoms with Gasteiger partial charge in [-0.2, -0.15) is 13.2 Å². The lowest BCUT2D eigenvalue weighted by Gasteiger charge is -2.39. The van der Waals surface area contributed by atoms with Crippen LogP contribution in [0.15, 0.2) is 0 Å². The number of alkyl halides is 3. The minimum Gasteiger partial charge on any atom is -0.317 e. The topological polar surface area (TPSA) is 12.0 Å². The molecule has 1 rings (SSSR count). The van der Waals surface area contributed by atoms with Crippen LogP contribution in [0.25, 0.3) is 0 Å². The highest BCUT2D eigenvalue weighted by Gasteiger charge is 2.47. The fourth-order valence-corrected chi connectivity index (χ4v) is 3.15. The van der Waals surface area contributed by atoms with Crippen molar-refractivity contribution in [3.8, 4) is 0 Å². The molecule has 1 nitrogen and oxygen atoms in total. The van der Waals surface area contributed by atoms with Crippen LogP contribution in [0.4, 0.5) is 13.2 Å². The van der Waals surface area contributed by atoms with E-state index in [0.29, 0.717) is 18.8 Å². The molecule has 0 heterocycles. The van der Waals surface area contributed by atoms with Crippen LogP contribution in [0, 0.1) is 17.8 Å². The summed E-state index contributed by atoms with van der Waals surface area (Å²) in [6, 6.07) is 0.00637. The van der Waals surface area contributed by atoms with E-state index in [0.717, 1.165) is 25.7 Å². The van der Waals surface area contributed by atoms with Gasteiger partial charge in [0.25, 0.3) is 0 Å². The zero-order chi connectivity index (χ0) is 13.8. The zero-order valence-electron chi connectivity index (χ0n) is 11.7. The molecular weight excluding hydrogens is 239 g/mol. The normalized spacial score (nSPS) is 29.0. The molecule has 1 N–H and O–H groups in total. The second-order valence-corrected chi connectivity index (χ2v) is 5.74. The first-order chi connectivity index (χ1) is 8.40. The summed E-state index contributed by atoms with van der Waals surface area (Å²) < 4.78 is 39.2. The summed E-state index contributed by atoms with van der Waals surface area (Å²) in [6.07, 6.45) is 0.539. The Balaban J connectivity index is 2.74. The molecule has 1 fully saturated rings. The van der Waals surface area contributed by atoms with Gasteiger partial charge in [0.15, 0.2) is 0 Å². The minimum atomic E-state index is -4.03. The number of hydrogen-bond donors (Lipinski definition) is 1. The van der Waals surface area contributed by atoms with E-state index in [2.05, 4.69) is 19.2 Å². The third-order valence-electron chi connectivity index (χ3n) is 4.48.